The standard InChI is InChI=1S/C15H22N2O/c1-3-5-11(2)15(18)17-14-7-4-6-12-8-9-16-10-13(12)14/h4,6-7,11,16H,3,5,8-10H2,1-2H3,(H,17,18). The van der Waals surface area contributed by atoms with E-state index in [2.05, 4.69) is 23.6 Å². The summed E-state index contributed by atoms with van der Waals surface area (Å²) in [5.41, 5.74) is 3.59. The first-order valence-corrected chi connectivity index (χ1v) is 6.84. The summed E-state index contributed by atoms with van der Waals surface area (Å²) in [5.74, 6) is 0.221. The van der Waals surface area contributed by atoms with Gasteiger partial charge in [0, 0.05) is 18.2 Å². The Hall–Kier alpha value is -1.35. The molecule has 18 heavy (non-hydrogen) atoms. The molecule has 1 aromatic carbocycles. The average molecular weight is 246 g/mol. The fraction of sp³-hybridized carbons (Fsp3) is 0.533. The van der Waals surface area contributed by atoms with Gasteiger partial charge < -0.3 is 10.6 Å². The Bertz CT molecular complexity index is 429. The lowest BCUT2D eigenvalue weighted by atomic mass is 9.98. The Morgan fingerprint density at radius 3 is 3.11 bits per heavy atom. The highest BCUT2D eigenvalue weighted by atomic mass is 16.1. The minimum atomic E-state index is 0.0856. The molecule has 1 heterocycles. The van der Waals surface area contributed by atoms with Gasteiger partial charge in [-0.05, 0) is 36.6 Å². The largest absolute Gasteiger partial charge is 0.326 e. The average Bonchev–Trinajstić information content (AvgIpc) is 2.39. The zero-order chi connectivity index (χ0) is 13.0. The highest BCUT2D eigenvalue weighted by Gasteiger charge is 2.16. The lowest BCUT2D eigenvalue weighted by Crippen LogP contribution is -2.27. The van der Waals surface area contributed by atoms with Gasteiger partial charge in [0.2, 0.25) is 5.91 Å². The molecule has 1 aliphatic heterocycles. The summed E-state index contributed by atoms with van der Waals surface area (Å²) >= 11 is 0. The van der Waals surface area contributed by atoms with Crippen LogP contribution in [0.15, 0.2) is 18.2 Å². The van der Waals surface area contributed by atoms with Crippen LogP contribution in [0.1, 0.15) is 37.8 Å². The van der Waals surface area contributed by atoms with Crippen molar-refractivity contribution in [2.75, 3.05) is 11.9 Å². The molecule has 0 spiro atoms. The van der Waals surface area contributed by atoms with E-state index in [-0.39, 0.29) is 11.8 Å². The second-order valence-corrected chi connectivity index (χ2v) is 5.05. The van der Waals surface area contributed by atoms with Crippen LogP contribution in [0.2, 0.25) is 0 Å². The fourth-order valence-corrected chi connectivity index (χ4v) is 2.45. The molecule has 0 aromatic heterocycles. The lowest BCUT2D eigenvalue weighted by molar-refractivity contribution is -0.119. The van der Waals surface area contributed by atoms with Crippen LogP contribution in [0.5, 0.6) is 0 Å². The van der Waals surface area contributed by atoms with Crippen LogP contribution in [-0.2, 0) is 17.8 Å². The van der Waals surface area contributed by atoms with Gasteiger partial charge in [0.15, 0.2) is 0 Å². The molecule has 1 amide bonds. The summed E-state index contributed by atoms with van der Waals surface area (Å²) in [4.78, 5) is 12.1. The van der Waals surface area contributed by atoms with Crippen molar-refractivity contribution in [2.24, 2.45) is 5.92 Å². The smallest absolute Gasteiger partial charge is 0.227 e. The number of fused-ring (bicyclic) bond motifs is 1. The van der Waals surface area contributed by atoms with Crippen LogP contribution in [0, 0.1) is 5.92 Å². The van der Waals surface area contributed by atoms with Gasteiger partial charge in [-0.3, -0.25) is 4.79 Å². The summed E-state index contributed by atoms with van der Waals surface area (Å²) in [7, 11) is 0. The quantitative estimate of drug-likeness (QED) is 0.857. The van der Waals surface area contributed by atoms with E-state index in [1.165, 1.54) is 11.1 Å². The highest BCUT2D eigenvalue weighted by Crippen LogP contribution is 2.23. The monoisotopic (exact) mass is 246 g/mol. The van der Waals surface area contributed by atoms with Crippen molar-refractivity contribution in [3.63, 3.8) is 0 Å². The molecule has 1 aromatic rings. The first kappa shape index (κ1) is 13.1. The minimum absolute atomic E-state index is 0.0856. The Kier molecular flexibility index (Phi) is 4.37. The maximum Gasteiger partial charge on any atom is 0.227 e. The van der Waals surface area contributed by atoms with E-state index in [1.807, 2.05) is 19.1 Å². The van der Waals surface area contributed by atoms with Gasteiger partial charge in [-0.15, -0.1) is 0 Å². The van der Waals surface area contributed by atoms with Crippen molar-refractivity contribution in [3.05, 3.63) is 29.3 Å². The molecule has 0 radical (unpaired) electrons. The van der Waals surface area contributed by atoms with Gasteiger partial charge in [-0.2, -0.15) is 0 Å². The first-order chi connectivity index (χ1) is 8.72. The number of carbonyl (C=O) groups excluding carboxylic acids is 1. The number of nitrogens with one attached hydrogen (secondary N) is 2. The maximum atomic E-state index is 12.1. The zero-order valence-corrected chi connectivity index (χ0v) is 11.3. The molecule has 2 N–H and O–H groups in total. The maximum absolute atomic E-state index is 12.1. The molecule has 0 bridgehead atoms. The van der Waals surface area contributed by atoms with Crippen molar-refractivity contribution in [1.29, 1.82) is 0 Å². The number of hydrogen-bond acceptors (Lipinski definition) is 2. The van der Waals surface area contributed by atoms with E-state index in [1.54, 1.807) is 0 Å². The third kappa shape index (κ3) is 2.91. The van der Waals surface area contributed by atoms with Gasteiger partial charge >= 0.3 is 0 Å². The van der Waals surface area contributed by atoms with Crippen LogP contribution in [-0.4, -0.2) is 12.5 Å². The van der Waals surface area contributed by atoms with E-state index >= 15 is 0 Å². The third-order valence-corrected chi connectivity index (χ3v) is 3.57. The topological polar surface area (TPSA) is 41.1 Å². The van der Waals surface area contributed by atoms with Crippen LogP contribution < -0.4 is 10.6 Å². The SMILES string of the molecule is CCCC(C)C(=O)Nc1cccc2c1CNCC2. The predicted molar refractivity (Wildman–Crippen MR) is 74.6 cm³/mol. The van der Waals surface area contributed by atoms with E-state index in [0.29, 0.717) is 0 Å². The number of benzene rings is 1. The van der Waals surface area contributed by atoms with Crippen molar-refractivity contribution in [3.8, 4) is 0 Å². The van der Waals surface area contributed by atoms with E-state index in [9.17, 15) is 4.79 Å². The summed E-state index contributed by atoms with van der Waals surface area (Å²) in [5, 5.41) is 6.43. The second-order valence-electron chi connectivity index (χ2n) is 5.05. The molecule has 1 atom stereocenters. The molecule has 0 fully saturated rings. The molecule has 1 unspecified atom stereocenters. The molecule has 2 rings (SSSR count). The number of hydrogen-bond donors (Lipinski definition) is 2. The van der Waals surface area contributed by atoms with Gasteiger partial charge in [0.1, 0.15) is 0 Å². The molecule has 3 heteroatoms. The zero-order valence-electron chi connectivity index (χ0n) is 11.3. The van der Waals surface area contributed by atoms with Crippen LogP contribution >= 0.6 is 0 Å². The molecule has 98 valence electrons. The van der Waals surface area contributed by atoms with Crippen molar-refractivity contribution >= 4 is 11.6 Å². The van der Waals surface area contributed by atoms with E-state index < -0.39 is 0 Å². The summed E-state index contributed by atoms with van der Waals surface area (Å²) < 4.78 is 0. The molecular weight excluding hydrogens is 224 g/mol. The first-order valence-electron chi connectivity index (χ1n) is 6.84. The molecule has 0 aliphatic carbocycles. The number of anilines is 1. The fourth-order valence-electron chi connectivity index (χ4n) is 2.45. The molecule has 0 saturated carbocycles. The predicted octanol–water partition coefficient (Wildman–Crippen LogP) is 2.71. The van der Waals surface area contributed by atoms with E-state index in [4.69, 9.17) is 0 Å². The van der Waals surface area contributed by atoms with Crippen molar-refractivity contribution in [2.45, 2.75) is 39.7 Å². The Morgan fingerprint density at radius 1 is 1.50 bits per heavy atom. The van der Waals surface area contributed by atoms with Gasteiger partial charge in [-0.25, -0.2) is 0 Å². The summed E-state index contributed by atoms with van der Waals surface area (Å²) in [6, 6.07) is 6.19. The Morgan fingerprint density at radius 2 is 2.33 bits per heavy atom. The van der Waals surface area contributed by atoms with Gasteiger partial charge in [0.05, 0.1) is 0 Å². The highest BCUT2D eigenvalue weighted by molar-refractivity contribution is 5.93. The van der Waals surface area contributed by atoms with Crippen molar-refractivity contribution in [1.82, 2.24) is 5.32 Å². The number of rotatable bonds is 4. The van der Waals surface area contributed by atoms with Crippen LogP contribution in [0.25, 0.3) is 0 Å². The third-order valence-electron chi connectivity index (χ3n) is 3.57. The Labute approximate surface area is 109 Å². The van der Waals surface area contributed by atoms with Crippen molar-refractivity contribution < 1.29 is 4.79 Å². The molecule has 1 aliphatic rings. The molecule has 3 nitrogen and oxygen atoms in total. The minimum Gasteiger partial charge on any atom is -0.326 e. The normalized spacial score (nSPS) is 15.9. The molecular formula is C15H22N2O. The summed E-state index contributed by atoms with van der Waals surface area (Å²) in [6.45, 7) is 5.98. The second kappa shape index (κ2) is 6.01. The number of carbonyl (C=O) groups is 1. The molecule has 0 saturated heterocycles. The Balaban J connectivity index is 2.12. The van der Waals surface area contributed by atoms with Gasteiger partial charge in [-0.1, -0.05) is 32.4 Å². The summed E-state index contributed by atoms with van der Waals surface area (Å²) in [6.07, 6.45) is 3.03. The van der Waals surface area contributed by atoms with Crippen LogP contribution in [0.4, 0.5) is 5.69 Å². The van der Waals surface area contributed by atoms with E-state index in [0.717, 1.165) is 38.0 Å². The number of amides is 1. The lowest BCUT2D eigenvalue weighted by Gasteiger charge is -2.21. The van der Waals surface area contributed by atoms with Crippen LogP contribution in [0.3, 0.4) is 0 Å². The van der Waals surface area contributed by atoms with Gasteiger partial charge in [0.25, 0.3) is 0 Å².